The van der Waals surface area contributed by atoms with Gasteiger partial charge in [-0.3, -0.25) is 4.57 Å². The third-order valence-electron chi connectivity index (χ3n) is 5.36. The maximum atomic E-state index is 14.8. The van der Waals surface area contributed by atoms with Gasteiger partial charge in [0.25, 0.3) is 7.37 Å². The van der Waals surface area contributed by atoms with Crippen LogP contribution in [-0.4, -0.2) is 34.9 Å². The van der Waals surface area contributed by atoms with E-state index in [1.54, 1.807) is 14.2 Å². The number of benzene rings is 3. The minimum absolute atomic E-state index is 0.367. The van der Waals surface area contributed by atoms with Gasteiger partial charge in [-0.25, -0.2) is 0 Å². The summed E-state index contributed by atoms with van der Waals surface area (Å²) in [4.78, 5) is 2.01. The van der Waals surface area contributed by atoms with Crippen LogP contribution in [0.5, 0.6) is 11.5 Å². The molecule has 0 aliphatic carbocycles. The van der Waals surface area contributed by atoms with Crippen molar-refractivity contribution >= 4 is 24.0 Å². The Labute approximate surface area is 196 Å². The second kappa shape index (κ2) is 11.3. The molecule has 0 unspecified atom stereocenters. The van der Waals surface area contributed by atoms with E-state index >= 15 is 0 Å². The second-order valence-electron chi connectivity index (χ2n) is 7.86. The van der Waals surface area contributed by atoms with Crippen molar-refractivity contribution in [2.45, 2.75) is 19.1 Å². The van der Waals surface area contributed by atoms with E-state index in [0.29, 0.717) is 29.0 Å². The van der Waals surface area contributed by atoms with Crippen molar-refractivity contribution < 1.29 is 18.6 Å². The Morgan fingerprint density at radius 1 is 0.939 bits per heavy atom. The highest BCUT2D eigenvalue weighted by Gasteiger charge is 2.39. The Bertz CT molecular complexity index is 1070. The van der Waals surface area contributed by atoms with Gasteiger partial charge in [0.1, 0.15) is 17.3 Å². The number of para-hydroxylation sites is 1. The van der Waals surface area contributed by atoms with Crippen LogP contribution in [0.3, 0.4) is 0 Å². The molecule has 0 aliphatic heterocycles. The number of nitrogens with one attached hydrogen (secondary N) is 1. The summed E-state index contributed by atoms with van der Waals surface area (Å²) in [6, 6.07) is 22.9. The molecule has 2 atom stereocenters. The van der Waals surface area contributed by atoms with Crippen LogP contribution >= 0.6 is 7.37 Å². The molecule has 0 radical (unpaired) electrons. The maximum Gasteiger partial charge on any atom is 0.258 e. The number of ether oxygens (including phenoxy) is 2. The molecule has 0 aliphatic rings. The van der Waals surface area contributed by atoms with Crippen LogP contribution in [0, 0.1) is 0 Å². The SMILES string of the molecule is CCCO[P@](=O)(c1ccc(N(C)C)cc1)[C@@H](Nc1ccccc1)c1cc(OC)ccc1OC. The summed E-state index contributed by atoms with van der Waals surface area (Å²) < 4.78 is 32.2. The number of hydrogen-bond acceptors (Lipinski definition) is 6. The van der Waals surface area contributed by atoms with Crippen molar-refractivity contribution in [3.05, 3.63) is 78.4 Å². The van der Waals surface area contributed by atoms with E-state index < -0.39 is 13.2 Å². The zero-order valence-electron chi connectivity index (χ0n) is 19.9. The summed E-state index contributed by atoms with van der Waals surface area (Å²) in [5, 5.41) is 4.11. The van der Waals surface area contributed by atoms with Gasteiger partial charge in [-0.2, -0.15) is 0 Å². The fourth-order valence-corrected chi connectivity index (χ4v) is 6.08. The summed E-state index contributed by atoms with van der Waals surface area (Å²) in [6.45, 7) is 2.37. The zero-order valence-corrected chi connectivity index (χ0v) is 20.8. The molecule has 6 nitrogen and oxygen atoms in total. The van der Waals surface area contributed by atoms with Gasteiger partial charge >= 0.3 is 0 Å². The summed E-state index contributed by atoms with van der Waals surface area (Å²) in [6.07, 6.45) is 0.743. The zero-order chi connectivity index (χ0) is 23.8. The van der Waals surface area contributed by atoms with Crippen LogP contribution in [-0.2, 0) is 9.09 Å². The van der Waals surface area contributed by atoms with E-state index in [-0.39, 0.29) is 0 Å². The average Bonchev–Trinajstić information content (AvgIpc) is 2.86. The monoisotopic (exact) mass is 468 g/mol. The summed E-state index contributed by atoms with van der Waals surface area (Å²) in [5.41, 5.74) is 2.56. The van der Waals surface area contributed by atoms with Crippen LogP contribution in [0.2, 0.25) is 0 Å². The third kappa shape index (κ3) is 5.70. The molecule has 0 spiro atoms. The standard InChI is InChI=1S/C26H33N2O4P/c1-6-18-32-33(29,23-15-12-21(13-16-23)28(2)3)26(27-20-10-8-7-9-11-20)24-19-22(30-4)14-17-25(24)31-5/h7-17,19,26-27H,6,18H2,1-5H3/t26-,33-/m1/s1. The van der Waals surface area contributed by atoms with Gasteiger partial charge in [0.15, 0.2) is 0 Å². The summed E-state index contributed by atoms with van der Waals surface area (Å²) >= 11 is 0. The highest BCUT2D eigenvalue weighted by Crippen LogP contribution is 2.60. The Hall–Kier alpha value is -2.95. The van der Waals surface area contributed by atoms with Crippen molar-refractivity contribution in [3.8, 4) is 11.5 Å². The predicted octanol–water partition coefficient (Wildman–Crippen LogP) is 5.91. The maximum absolute atomic E-state index is 14.8. The fourth-order valence-electron chi connectivity index (χ4n) is 3.57. The molecule has 1 N–H and O–H groups in total. The molecule has 3 aromatic carbocycles. The van der Waals surface area contributed by atoms with Crippen LogP contribution in [0.25, 0.3) is 0 Å². The largest absolute Gasteiger partial charge is 0.497 e. The van der Waals surface area contributed by atoms with E-state index in [4.69, 9.17) is 14.0 Å². The van der Waals surface area contributed by atoms with Gasteiger partial charge in [-0.15, -0.1) is 0 Å². The lowest BCUT2D eigenvalue weighted by Gasteiger charge is -2.31. The Kier molecular flexibility index (Phi) is 8.43. The molecule has 7 heteroatoms. The summed E-state index contributed by atoms with van der Waals surface area (Å²) in [7, 11) is 3.69. The second-order valence-corrected chi connectivity index (χ2v) is 10.3. The van der Waals surface area contributed by atoms with Crippen molar-refractivity contribution in [2.75, 3.05) is 45.1 Å². The molecule has 0 aromatic heterocycles. The number of nitrogens with zero attached hydrogens (tertiary/aromatic N) is 1. The molecule has 0 amide bonds. The topological polar surface area (TPSA) is 60.0 Å². The van der Waals surface area contributed by atoms with Gasteiger partial charge in [0.05, 0.1) is 20.8 Å². The number of rotatable bonds is 11. The first kappa shape index (κ1) is 24.7. The fraction of sp³-hybridized carbons (Fsp3) is 0.308. The first-order valence-corrected chi connectivity index (χ1v) is 12.7. The Morgan fingerprint density at radius 2 is 1.64 bits per heavy atom. The van der Waals surface area contributed by atoms with Crippen LogP contribution in [0.4, 0.5) is 11.4 Å². The molecule has 0 saturated heterocycles. The third-order valence-corrected chi connectivity index (χ3v) is 8.03. The molecular formula is C26H33N2O4P. The quantitative estimate of drug-likeness (QED) is 0.353. The van der Waals surface area contributed by atoms with Crippen LogP contribution in [0.1, 0.15) is 24.7 Å². The molecule has 0 heterocycles. The van der Waals surface area contributed by atoms with Crippen LogP contribution < -0.4 is 25.0 Å². The van der Waals surface area contributed by atoms with E-state index in [0.717, 1.165) is 17.8 Å². The normalized spacial score (nSPS) is 13.6. The molecule has 33 heavy (non-hydrogen) atoms. The number of hydrogen-bond donors (Lipinski definition) is 1. The molecule has 176 valence electrons. The molecular weight excluding hydrogens is 435 g/mol. The van der Waals surface area contributed by atoms with Gasteiger partial charge in [0, 0.05) is 36.3 Å². The Balaban J connectivity index is 2.21. The average molecular weight is 469 g/mol. The van der Waals surface area contributed by atoms with Gasteiger partial charge in [-0.05, 0) is 61.0 Å². The van der Waals surface area contributed by atoms with E-state index in [2.05, 4.69) is 5.32 Å². The highest BCUT2D eigenvalue weighted by molar-refractivity contribution is 7.67. The van der Waals surface area contributed by atoms with Gasteiger partial charge in [0.2, 0.25) is 0 Å². The van der Waals surface area contributed by atoms with Crippen molar-refractivity contribution in [2.24, 2.45) is 0 Å². The predicted molar refractivity (Wildman–Crippen MR) is 137 cm³/mol. The minimum atomic E-state index is -3.47. The molecule has 0 bridgehead atoms. The summed E-state index contributed by atoms with van der Waals surface area (Å²) in [5.74, 6) is 0.562. The molecule has 3 aromatic rings. The lowest BCUT2D eigenvalue weighted by atomic mass is 10.1. The van der Waals surface area contributed by atoms with Crippen LogP contribution in [0.15, 0.2) is 72.8 Å². The lowest BCUT2D eigenvalue weighted by Crippen LogP contribution is -2.22. The van der Waals surface area contributed by atoms with Gasteiger partial charge in [-0.1, -0.05) is 25.1 Å². The minimum Gasteiger partial charge on any atom is -0.497 e. The van der Waals surface area contributed by atoms with E-state index in [1.807, 2.05) is 98.7 Å². The van der Waals surface area contributed by atoms with Gasteiger partial charge < -0.3 is 24.2 Å². The van der Waals surface area contributed by atoms with E-state index in [1.165, 1.54) is 0 Å². The van der Waals surface area contributed by atoms with Crippen molar-refractivity contribution in [3.63, 3.8) is 0 Å². The molecule has 0 fully saturated rings. The number of anilines is 2. The Morgan fingerprint density at radius 3 is 2.21 bits per heavy atom. The smallest absolute Gasteiger partial charge is 0.258 e. The number of methoxy groups -OCH3 is 2. The van der Waals surface area contributed by atoms with Crippen molar-refractivity contribution in [1.82, 2.24) is 0 Å². The first-order chi connectivity index (χ1) is 15.9. The molecule has 3 rings (SSSR count). The van der Waals surface area contributed by atoms with E-state index in [9.17, 15) is 4.57 Å². The highest BCUT2D eigenvalue weighted by atomic mass is 31.2. The molecule has 0 saturated carbocycles. The van der Waals surface area contributed by atoms with Crippen molar-refractivity contribution in [1.29, 1.82) is 0 Å². The lowest BCUT2D eigenvalue weighted by molar-refractivity contribution is 0.314. The first-order valence-electron chi connectivity index (χ1n) is 11.0.